The van der Waals surface area contributed by atoms with Crippen molar-refractivity contribution in [1.82, 2.24) is 10.6 Å². The smallest absolute Gasteiger partial charge is 0.261 e. The summed E-state index contributed by atoms with van der Waals surface area (Å²) in [5, 5.41) is 6.96. The van der Waals surface area contributed by atoms with Crippen molar-refractivity contribution >= 4 is 17.5 Å². The molecule has 1 aliphatic rings. The highest BCUT2D eigenvalue weighted by Gasteiger charge is 2.19. The molecule has 1 aromatic rings. The molecule has 2 rings (SSSR count). The molecule has 1 saturated heterocycles. The molecule has 2 unspecified atom stereocenters. The first-order valence-corrected chi connectivity index (χ1v) is 7.46. The highest BCUT2D eigenvalue weighted by Crippen LogP contribution is 2.18. The lowest BCUT2D eigenvalue weighted by Gasteiger charge is -2.20. The maximum atomic E-state index is 12.1. The minimum Gasteiger partial charge on any atom is -0.481 e. The summed E-state index contributed by atoms with van der Waals surface area (Å²) in [7, 11) is 0. The van der Waals surface area contributed by atoms with E-state index in [0.717, 1.165) is 25.9 Å². The topological polar surface area (TPSA) is 50.4 Å². The highest BCUT2D eigenvalue weighted by atomic mass is 35.5. The monoisotopic (exact) mass is 296 g/mol. The zero-order valence-electron chi connectivity index (χ0n) is 11.7. The van der Waals surface area contributed by atoms with Gasteiger partial charge in [0.25, 0.3) is 5.91 Å². The molecule has 5 heteroatoms. The van der Waals surface area contributed by atoms with Crippen molar-refractivity contribution in [2.75, 3.05) is 13.1 Å². The average molecular weight is 297 g/mol. The maximum Gasteiger partial charge on any atom is 0.261 e. The quantitative estimate of drug-likeness (QED) is 0.897. The molecule has 1 aliphatic heterocycles. The molecule has 2 atom stereocenters. The van der Waals surface area contributed by atoms with Gasteiger partial charge >= 0.3 is 0 Å². The molecule has 0 aliphatic carbocycles. The van der Waals surface area contributed by atoms with Gasteiger partial charge in [-0.3, -0.25) is 4.79 Å². The fourth-order valence-corrected chi connectivity index (χ4v) is 2.44. The summed E-state index contributed by atoms with van der Waals surface area (Å²) in [6.07, 6.45) is 2.79. The van der Waals surface area contributed by atoms with E-state index in [-0.39, 0.29) is 11.9 Å². The summed E-state index contributed by atoms with van der Waals surface area (Å²) in [4.78, 5) is 12.1. The van der Waals surface area contributed by atoms with Crippen LogP contribution < -0.4 is 15.4 Å². The molecule has 0 bridgehead atoms. The standard InChI is InChI=1S/C15H21ClN2O2/c1-11(20-14-7-4-5-12(16)9-14)15(19)18-13-6-2-3-8-17-10-13/h4-5,7,9,11,13,17H,2-3,6,8,10H2,1H3,(H,18,19). The van der Waals surface area contributed by atoms with Gasteiger partial charge in [-0.05, 0) is 44.5 Å². The highest BCUT2D eigenvalue weighted by molar-refractivity contribution is 6.30. The summed E-state index contributed by atoms with van der Waals surface area (Å²) in [6, 6.07) is 7.27. The largest absolute Gasteiger partial charge is 0.481 e. The Bertz CT molecular complexity index is 445. The van der Waals surface area contributed by atoms with Crippen LogP contribution in [0.3, 0.4) is 0 Å². The lowest BCUT2D eigenvalue weighted by molar-refractivity contribution is -0.128. The number of carbonyl (C=O) groups excluding carboxylic acids is 1. The van der Waals surface area contributed by atoms with Crippen LogP contribution in [0.1, 0.15) is 26.2 Å². The van der Waals surface area contributed by atoms with Gasteiger partial charge in [0.15, 0.2) is 6.10 Å². The van der Waals surface area contributed by atoms with E-state index in [0.29, 0.717) is 10.8 Å². The third-order valence-electron chi connectivity index (χ3n) is 3.37. The van der Waals surface area contributed by atoms with Crippen molar-refractivity contribution < 1.29 is 9.53 Å². The number of hydrogen-bond donors (Lipinski definition) is 2. The second kappa shape index (κ2) is 7.50. The number of hydrogen-bond acceptors (Lipinski definition) is 3. The van der Waals surface area contributed by atoms with Gasteiger partial charge in [0.05, 0.1) is 0 Å². The number of rotatable bonds is 4. The van der Waals surface area contributed by atoms with Crippen molar-refractivity contribution in [2.24, 2.45) is 0 Å². The van der Waals surface area contributed by atoms with E-state index >= 15 is 0 Å². The molecule has 1 heterocycles. The SMILES string of the molecule is CC(Oc1cccc(Cl)c1)C(=O)NC1CCCCNC1. The zero-order valence-corrected chi connectivity index (χ0v) is 12.5. The molecule has 0 aromatic heterocycles. The predicted molar refractivity (Wildman–Crippen MR) is 80.2 cm³/mol. The molecular formula is C15H21ClN2O2. The van der Waals surface area contributed by atoms with E-state index in [1.54, 1.807) is 31.2 Å². The molecule has 0 spiro atoms. The Morgan fingerprint density at radius 2 is 2.35 bits per heavy atom. The van der Waals surface area contributed by atoms with E-state index in [4.69, 9.17) is 16.3 Å². The first-order chi connectivity index (χ1) is 9.65. The second-order valence-corrected chi connectivity index (χ2v) is 5.56. The van der Waals surface area contributed by atoms with Crippen molar-refractivity contribution in [3.8, 4) is 5.75 Å². The Kier molecular flexibility index (Phi) is 5.68. The van der Waals surface area contributed by atoms with E-state index in [2.05, 4.69) is 10.6 Å². The number of amides is 1. The van der Waals surface area contributed by atoms with Crippen LogP contribution in [-0.2, 0) is 4.79 Å². The summed E-state index contributed by atoms with van der Waals surface area (Å²) in [5.41, 5.74) is 0. The van der Waals surface area contributed by atoms with Gasteiger partial charge in [-0.25, -0.2) is 0 Å². The van der Waals surface area contributed by atoms with Gasteiger partial charge in [-0.2, -0.15) is 0 Å². The Hall–Kier alpha value is -1.26. The zero-order chi connectivity index (χ0) is 14.4. The Morgan fingerprint density at radius 3 is 3.15 bits per heavy atom. The Morgan fingerprint density at radius 1 is 1.50 bits per heavy atom. The number of carbonyl (C=O) groups is 1. The van der Waals surface area contributed by atoms with Crippen LogP contribution in [0.15, 0.2) is 24.3 Å². The van der Waals surface area contributed by atoms with Gasteiger partial charge < -0.3 is 15.4 Å². The van der Waals surface area contributed by atoms with E-state index in [1.165, 1.54) is 6.42 Å². The summed E-state index contributed by atoms with van der Waals surface area (Å²) < 4.78 is 5.61. The molecule has 1 aromatic carbocycles. The van der Waals surface area contributed by atoms with Gasteiger partial charge in [0.1, 0.15) is 5.75 Å². The number of halogens is 1. The van der Waals surface area contributed by atoms with Crippen LogP contribution in [0.5, 0.6) is 5.75 Å². The Labute approximate surface area is 124 Å². The molecule has 0 radical (unpaired) electrons. The van der Waals surface area contributed by atoms with Gasteiger partial charge in [0, 0.05) is 17.6 Å². The van der Waals surface area contributed by atoms with Crippen LogP contribution in [0.25, 0.3) is 0 Å². The number of nitrogens with one attached hydrogen (secondary N) is 2. The summed E-state index contributed by atoms with van der Waals surface area (Å²) in [6.45, 7) is 3.61. The van der Waals surface area contributed by atoms with E-state index in [1.807, 2.05) is 0 Å². The maximum absolute atomic E-state index is 12.1. The summed E-state index contributed by atoms with van der Waals surface area (Å²) >= 11 is 5.89. The normalized spacial score (nSPS) is 20.8. The second-order valence-electron chi connectivity index (χ2n) is 5.12. The Balaban J connectivity index is 1.85. The van der Waals surface area contributed by atoms with Crippen LogP contribution in [0.4, 0.5) is 0 Å². The fraction of sp³-hybridized carbons (Fsp3) is 0.533. The van der Waals surface area contributed by atoms with Crippen LogP contribution in [0.2, 0.25) is 5.02 Å². The van der Waals surface area contributed by atoms with Crippen molar-refractivity contribution in [2.45, 2.75) is 38.3 Å². The lowest BCUT2D eigenvalue weighted by atomic mass is 10.1. The van der Waals surface area contributed by atoms with E-state index < -0.39 is 6.10 Å². The van der Waals surface area contributed by atoms with Crippen molar-refractivity contribution in [3.05, 3.63) is 29.3 Å². The van der Waals surface area contributed by atoms with Crippen LogP contribution in [0, 0.1) is 0 Å². The van der Waals surface area contributed by atoms with Gasteiger partial charge in [-0.15, -0.1) is 0 Å². The van der Waals surface area contributed by atoms with Gasteiger partial charge in [-0.1, -0.05) is 24.1 Å². The molecule has 0 saturated carbocycles. The predicted octanol–water partition coefficient (Wildman–Crippen LogP) is 2.37. The third kappa shape index (κ3) is 4.69. The molecular weight excluding hydrogens is 276 g/mol. The van der Waals surface area contributed by atoms with Crippen molar-refractivity contribution in [1.29, 1.82) is 0 Å². The van der Waals surface area contributed by atoms with Crippen LogP contribution >= 0.6 is 11.6 Å². The summed E-state index contributed by atoms with van der Waals surface area (Å²) in [5.74, 6) is 0.526. The first kappa shape index (κ1) is 15.1. The lowest BCUT2D eigenvalue weighted by Crippen LogP contribution is -2.46. The molecule has 1 fully saturated rings. The third-order valence-corrected chi connectivity index (χ3v) is 3.61. The first-order valence-electron chi connectivity index (χ1n) is 7.08. The molecule has 110 valence electrons. The van der Waals surface area contributed by atoms with Crippen LogP contribution in [-0.4, -0.2) is 31.1 Å². The average Bonchev–Trinajstić information content (AvgIpc) is 2.67. The number of ether oxygens (including phenoxy) is 1. The minimum atomic E-state index is -0.531. The van der Waals surface area contributed by atoms with E-state index in [9.17, 15) is 4.79 Å². The molecule has 2 N–H and O–H groups in total. The minimum absolute atomic E-state index is 0.0846. The van der Waals surface area contributed by atoms with Crippen molar-refractivity contribution in [3.63, 3.8) is 0 Å². The number of benzene rings is 1. The van der Waals surface area contributed by atoms with Gasteiger partial charge in [0.2, 0.25) is 0 Å². The molecule has 4 nitrogen and oxygen atoms in total. The fourth-order valence-electron chi connectivity index (χ4n) is 2.26. The molecule has 1 amide bonds. The molecule has 20 heavy (non-hydrogen) atoms.